The maximum Gasteiger partial charge on any atom is 0.266 e. The summed E-state index contributed by atoms with van der Waals surface area (Å²) in [6.07, 6.45) is 1.31. The molecule has 0 bridgehead atoms. The number of nitrogens with zero attached hydrogens (tertiary/aromatic N) is 5. The maximum atomic E-state index is 12.8. The highest BCUT2D eigenvalue weighted by Gasteiger charge is 2.41. The third-order valence-corrected chi connectivity index (χ3v) is 4.72. The van der Waals surface area contributed by atoms with Gasteiger partial charge in [0, 0.05) is 16.8 Å². The van der Waals surface area contributed by atoms with Crippen molar-refractivity contribution in [1.82, 2.24) is 24.5 Å². The Morgan fingerprint density at radius 1 is 1.25 bits per heavy atom. The lowest BCUT2D eigenvalue weighted by Crippen LogP contribution is -2.61. The molecule has 0 unspecified atom stereocenters. The summed E-state index contributed by atoms with van der Waals surface area (Å²) in [6, 6.07) is 8.75. The van der Waals surface area contributed by atoms with Gasteiger partial charge in [0.2, 0.25) is 5.88 Å². The van der Waals surface area contributed by atoms with Crippen molar-refractivity contribution in [3.63, 3.8) is 0 Å². The van der Waals surface area contributed by atoms with E-state index in [2.05, 4.69) is 15.1 Å². The molecule has 28 heavy (non-hydrogen) atoms. The molecule has 0 saturated carbocycles. The van der Waals surface area contributed by atoms with Crippen LogP contribution in [0.2, 0.25) is 5.02 Å². The summed E-state index contributed by atoms with van der Waals surface area (Å²) < 4.78 is 13.4. The van der Waals surface area contributed by atoms with Gasteiger partial charge in [0.05, 0.1) is 13.1 Å². The van der Waals surface area contributed by atoms with Gasteiger partial charge in [-0.15, -0.1) is 0 Å². The van der Waals surface area contributed by atoms with Crippen molar-refractivity contribution in [1.29, 1.82) is 0 Å². The summed E-state index contributed by atoms with van der Waals surface area (Å²) in [6.45, 7) is 6.33. The second kappa shape index (κ2) is 6.94. The van der Waals surface area contributed by atoms with E-state index < -0.39 is 5.60 Å². The van der Waals surface area contributed by atoms with Gasteiger partial charge < -0.3 is 14.4 Å². The molecular weight excluding hydrogens is 382 g/mol. The van der Waals surface area contributed by atoms with Crippen molar-refractivity contribution >= 4 is 23.3 Å². The van der Waals surface area contributed by atoms with Gasteiger partial charge in [-0.3, -0.25) is 4.79 Å². The molecule has 0 radical (unpaired) electrons. The summed E-state index contributed by atoms with van der Waals surface area (Å²) in [5.41, 5.74) is -0.203. The topological polar surface area (TPSA) is 81.8 Å². The van der Waals surface area contributed by atoms with Gasteiger partial charge in [0.25, 0.3) is 11.7 Å². The standard InChI is InChI=1S/C19H20ClN5O3/c1-12-8-16(25-18(23-12)21-11-22-25)27-15-9-24(10-15)17(26)19(2,3)28-14-6-4-13(20)5-7-14/h4-8,11,15H,9-10H2,1-3H3. The van der Waals surface area contributed by atoms with Gasteiger partial charge in [-0.1, -0.05) is 11.6 Å². The number of carbonyl (C=O) groups is 1. The molecule has 1 saturated heterocycles. The second-order valence-electron chi connectivity index (χ2n) is 7.22. The lowest BCUT2D eigenvalue weighted by molar-refractivity contribution is -0.154. The molecule has 1 aliphatic rings. The fourth-order valence-corrected chi connectivity index (χ4v) is 3.18. The zero-order valence-electron chi connectivity index (χ0n) is 15.8. The van der Waals surface area contributed by atoms with Crippen molar-refractivity contribution in [3.05, 3.63) is 47.4 Å². The van der Waals surface area contributed by atoms with Gasteiger partial charge >= 0.3 is 0 Å². The van der Waals surface area contributed by atoms with E-state index in [1.807, 2.05) is 6.92 Å². The minimum Gasteiger partial charge on any atom is -0.478 e. The monoisotopic (exact) mass is 401 g/mol. The second-order valence-corrected chi connectivity index (χ2v) is 7.66. The Hall–Kier alpha value is -2.87. The summed E-state index contributed by atoms with van der Waals surface area (Å²) in [5, 5.41) is 4.74. The van der Waals surface area contributed by atoms with Crippen LogP contribution in [-0.2, 0) is 4.79 Å². The van der Waals surface area contributed by atoms with Crippen LogP contribution in [-0.4, -0.2) is 55.2 Å². The highest BCUT2D eigenvalue weighted by Crippen LogP contribution is 2.25. The van der Waals surface area contributed by atoms with Gasteiger partial charge in [-0.25, -0.2) is 4.98 Å². The molecule has 0 N–H and O–H groups in total. The van der Waals surface area contributed by atoms with E-state index >= 15 is 0 Å². The molecule has 0 aliphatic carbocycles. The number of amides is 1. The number of hydrogen-bond donors (Lipinski definition) is 0. The number of fused-ring (bicyclic) bond motifs is 1. The normalized spacial score (nSPS) is 14.8. The van der Waals surface area contributed by atoms with E-state index in [9.17, 15) is 4.79 Å². The SMILES string of the molecule is Cc1cc(OC2CN(C(=O)C(C)(C)Oc3ccc(Cl)cc3)C2)n2ncnc2n1. The summed E-state index contributed by atoms with van der Waals surface area (Å²) in [5.74, 6) is 1.55. The van der Waals surface area contributed by atoms with Gasteiger partial charge in [0.1, 0.15) is 18.2 Å². The molecule has 0 spiro atoms. The third kappa shape index (κ3) is 3.60. The number of ether oxygens (including phenoxy) is 2. The first-order chi connectivity index (χ1) is 13.3. The summed E-state index contributed by atoms with van der Waals surface area (Å²) in [4.78, 5) is 22.9. The molecule has 2 aromatic heterocycles. The van der Waals surface area contributed by atoms with Crippen LogP contribution in [0, 0.1) is 6.92 Å². The molecule has 1 aromatic carbocycles. The first-order valence-corrected chi connectivity index (χ1v) is 9.27. The molecule has 1 amide bonds. The first-order valence-electron chi connectivity index (χ1n) is 8.90. The number of aromatic nitrogens is 4. The van der Waals surface area contributed by atoms with Crippen LogP contribution in [0.3, 0.4) is 0 Å². The van der Waals surface area contributed by atoms with Crippen molar-refractivity contribution in [2.75, 3.05) is 13.1 Å². The number of halogens is 1. The Bertz CT molecular complexity index is 1010. The molecule has 4 rings (SSSR count). The van der Waals surface area contributed by atoms with Crippen LogP contribution in [0.1, 0.15) is 19.5 Å². The van der Waals surface area contributed by atoms with E-state index in [0.717, 1.165) is 5.69 Å². The van der Waals surface area contributed by atoms with Gasteiger partial charge in [-0.05, 0) is 45.0 Å². The van der Waals surface area contributed by atoms with E-state index in [1.54, 1.807) is 53.6 Å². The Balaban J connectivity index is 1.38. The summed E-state index contributed by atoms with van der Waals surface area (Å²) in [7, 11) is 0. The number of benzene rings is 1. The Labute approximate surface area is 167 Å². The Morgan fingerprint density at radius 3 is 2.68 bits per heavy atom. The third-order valence-electron chi connectivity index (χ3n) is 4.47. The van der Waals surface area contributed by atoms with Crippen LogP contribution in [0.5, 0.6) is 11.6 Å². The average Bonchev–Trinajstić information content (AvgIpc) is 3.07. The quantitative estimate of drug-likeness (QED) is 0.653. The molecular formula is C19H20ClN5O3. The van der Waals surface area contributed by atoms with Gasteiger partial charge in [-0.2, -0.15) is 14.6 Å². The molecule has 3 aromatic rings. The molecule has 3 heterocycles. The first kappa shape index (κ1) is 18.5. The molecule has 146 valence electrons. The highest BCUT2D eigenvalue weighted by atomic mass is 35.5. The van der Waals surface area contributed by atoms with Crippen LogP contribution in [0.25, 0.3) is 5.78 Å². The number of rotatable bonds is 5. The van der Waals surface area contributed by atoms with E-state index in [0.29, 0.717) is 35.5 Å². The molecule has 9 heteroatoms. The number of aryl methyl sites for hydroxylation is 1. The molecule has 1 aliphatic heterocycles. The minimum atomic E-state index is -0.995. The molecule has 8 nitrogen and oxygen atoms in total. The smallest absolute Gasteiger partial charge is 0.266 e. The number of likely N-dealkylation sites (tertiary alicyclic amines) is 1. The van der Waals surface area contributed by atoms with Crippen molar-refractivity contribution < 1.29 is 14.3 Å². The van der Waals surface area contributed by atoms with Crippen molar-refractivity contribution in [2.24, 2.45) is 0 Å². The zero-order chi connectivity index (χ0) is 19.9. The number of hydrogen-bond acceptors (Lipinski definition) is 6. The minimum absolute atomic E-state index is 0.0980. The zero-order valence-corrected chi connectivity index (χ0v) is 16.6. The fourth-order valence-electron chi connectivity index (χ4n) is 3.05. The Kier molecular flexibility index (Phi) is 4.58. The van der Waals surface area contributed by atoms with Crippen LogP contribution >= 0.6 is 11.6 Å². The largest absolute Gasteiger partial charge is 0.478 e. The summed E-state index contributed by atoms with van der Waals surface area (Å²) >= 11 is 5.89. The average molecular weight is 402 g/mol. The molecule has 1 fully saturated rings. The highest BCUT2D eigenvalue weighted by molar-refractivity contribution is 6.30. The predicted molar refractivity (Wildman–Crippen MR) is 103 cm³/mol. The maximum absolute atomic E-state index is 12.8. The molecule has 0 atom stereocenters. The van der Waals surface area contributed by atoms with E-state index in [4.69, 9.17) is 21.1 Å². The van der Waals surface area contributed by atoms with Crippen molar-refractivity contribution in [3.8, 4) is 11.6 Å². The fraction of sp³-hybridized carbons (Fsp3) is 0.368. The van der Waals surface area contributed by atoms with Crippen LogP contribution in [0.4, 0.5) is 0 Å². The van der Waals surface area contributed by atoms with E-state index in [1.165, 1.54) is 6.33 Å². The Morgan fingerprint density at radius 2 is 1.96 bits per heavy atom. The van der Waals surface area contributed by atoms with Crippen molar-refractivity contribution in [2.45, 2.75) is 32.5 Å². The van der Waals surface area contributed by atoms with Crippen LogP contribution in [0.15, 0.2) is 36.7 Å². The van der Waals surface area contributed by atoms with Gasteiger partial charge in [0.15, 0.2) is 5.60 Å². The predicted octanol–water partition coefficient (Wildman–Crippen LogP) is 2.53. The lowest BCUT2D eigenvalue weighted by Gasteiger charge is -2.42. The number of carbonyl (C=O) groups excluding carboxylic acids is 1. The lowest BCUT2D eigenvalue weighted by atomic mass is 10.0. The van der Waals surface area contributed by atoms with Crippen LogP contribution < -0.4 is 9.47 Å². The van der Waals surface area contributed by atoms with E-state index in [-0.39, 0.29) is 12.0 Å².